The maximum Gasteiger partial charge on any atom is 0.408 e. The predicted octanol–water partition coefficient (Wildman–Crippen LogP) is 6.86. The summed E-state index contributed by atoms with van der Waals surface area (Å²) in [5.74, 6) is -0.790. The van der Waals surface area contributed by atoms with E-state index in [1.54, 1.807) is 25.7 Å². The molecule has 2 rings (SSSR count). The van der Waals surface area contributed by atoms with Crippen LogP contribution in [0.25, 0.3) is 0 Å². The number of anilines is 1. The van der Waals surface area contributed by atoms with E-state index in [1.807, 2.05) is 90.9 Å². The van der Waals surface area contributed by atoms with Gasteiger partial charge < -0.3 is 20.3 Å². The predicted molar refractivity (Wildman–Crippen MR) is 158 cm³/mol. The first kappa shape index (κ1) is 31.9. The van der Waals surface area contributed by atoms with Gasteiger partial charge in [0.2, 0.25) is 5.91 Å². The lowest BCUT2D eigenvalue weighted by molar-refractivity contribution is -0.144. The van der Waals surface area contributed by atoms with Gasteiger partial charge in [-0.15, -0.1) is 0 Å². The van der Waals surface area contributed by atoms with E-state index in [2.05, 4.69) is 10.6 Å². The highest BCUT2D eigenvalue weighted by molar-refractivity contribution is 6.00. The third-order valence-electron chi connectivity index (χ3n) is 7.22. The van der Waals surface area contributed by atoms with Crippen molar-refractivity contribution in [1.29, 1.82) is 0 Å². The highest BCUT2D eigenvalue weighted by Crippen LogP contribution is 2.33. The quantitative estimate of drug-likeness (QED) is 0.347. The summed E-state index contributed by atoms with van der Waals surface area (Å²) in [6, 6.07) is 11.4. The van der Waals surface area contributed by atoms with Crippen molar-refractivity contribution in [3.8, 4) is 0 Å². The monoisotopic (exact) mass is 537 g/mol. The van der Waals surface area contributed by atoms with E-state index in [9.17, 15) is 14.4 Å². The average Bonchev–Trinajstić information content (AvgIpc) is 2.85. The van der Waals surface area contributed by atoms with Crippen molar-refractivity contribution in [2.24, 2.45) is 5.92 Å². The van der Waals surface area contributed by atoms with Crippen molar-refractivity contribution in [2.75, 3.05) is 5.32 Å². The van der Waals surface area contributed by atoms with Crippen LogP contribution in [0.1, 0.15) is 89.6 Å². The Morgan fingerprint density at radius 1 is 0.872 bits per heavy atom. The van der Waals surface area contributed by atoms with Gasteiger partial charge >= 0.3 is 6.09 Å². The molecule has 7 nitrogen and oxygen atoms in total. The smallest absolute Gasteiger partial charge is 0.408 e. The standard InChI is InChI=1S/C32H47N3O4/c1-11-20(3)27(34-31(38)39-32(8,9)10)30(37)35(24(7)12-2)28(26-22(5)17-15-18-23(26)6)29(36)33-25-19-14-13-16-21(25)4/h13-20,24,27-28H,11-12H2,1-10H3,(H,33,36)(H,34,38). The summed E-state index contributed by atoms with van der Waals surface area (Å²) in [7, 11) is 0. The Labute approximate surface area is 234 Å². The highest BCUT2D eigenvalue weighted by atomic mass is 16.6. The number of alkyl carbamates (subject to hydrolysis) is 1. The van der Waals surface area contributed by atoms with E-state index in [0.717, 1.165) is 22.3 Å². The Morgan fingerprint density at radius 2 is 1.44 bits per heavy atom. The van der Waals surface area contributed by atoms with Gasteiger partial charge in [-0.1, -0.05) is 63.6 Å². The Morgan fingerprint density at radius 3 is 1.95 bits per heavy atom. The zero-order chi connectivity index (χ0) is 29.5. The first-order valence-corrected chi connectivity index (χ1v) is 14.0. The van der Waals surface area contributed by atoms with Crippen molar-refractivity contribution in [3.63, 3.8) is 0 Å². The molecule has 4 unspecified atom stereocenters. The fraction of sp³-hybridized carbons (Fsp3) is 0.531. The molecule has 0 heterocycles. The fourth-order valence-electron chi connectivity index (χ4n) is 4.64. The minimum atomic E-state index is -0.903. The number of hydrogen-bond acceptors (Lipinski definition) is 4. The number of benzene rings is 2. The summed E-state index contributed by atoms with van der Waals surface area (Å²) in [4.78, 5) is 43.2. The molecule has 0 saturated heterocycles. The van der Waals surface area contributed by atoms with E-state index in [0.29, 0.717) is 18.5 Å². The number of ether oxygens (including phenoxy) is 1. The number of hydrogen-bond donors (Lipinski definition) is 2. The molecule has 0 bridgehead atoms. The lowest BCUT2D eigenvalue weighted by Gasteiger charge is -2.40. The van der Waals surface area contributed by atoms with Crippen LogP contribution in [0.2, 0.25) is 0 Å². The molecule has 0 aromatic heterocycles. The number of carbonyl (C=O) groups is 3. The molecule has 3 amide bonds. The van der Waals surface area contributed by atoms with Crippen LogP contribution >= 0.6 is 0 Å². The number of nitrogens with zero attached hydrogens (tertiary/aromatic N) is 1. The maximum atomic E-state index is 14.5. The summed E-state index contributed by atoms with van der Waals surface area (Å²) >= 11 is 0. The van der Waals surface area contributed by atoms with Crippen molar-refractivity contribution in [2.45, 2.75) is 106 Å². The van der Waals surface area contributed by atoms with Crippen molar-refractivity contribution in [1.82, 2.24) is 10.2 Å². The molecule has 0 aliphatic heterocycles. The van der Waals surface area contributed by atoms with Crippen LogP contribution in [0.4, 0.5) is 10.5 Å². The van der Waals surface area contributed by atoms with Crippen LogP contribution in [0.15, 0.2) is 42.5 Å². The molecule has 214 valence electrons. The van der Waals surface area contributed by atoms with Gasteiger partial charge in [0.15, 0.2) is 0 Å². The highest BCUT2D eigenvalue weighted by Gasteiger charge is 2.41. The molecule has 2 N–H and O–H groups in total. The van der Waals surface area contributed by atoms with Gasteiger partial charge in [0, 0.05) is 11.7 Å². The van der Waals surface area contributed by atoms with Gasteiger partial charge in [0.1, 0.15) is 17.7 Å². The topological polar surface area (TPSA) is 87.7 Å². The van der Waals surface area contributed by atoms with Gasteiger partial charge in [-0.3, -0.25) is 9.59 Å². The summed E-state index contributed by atoms with van der Waals surface area (Å²) in [5, 5.41) is 5.92. The Balaban J connectivity index is 2.67. The Kier molecular flexibility index (Phi) is 11.1. The molecule has 0 fully saturated rings. The Bertz CT molecular complexity index is 1130. The normalized spacial score (nSPS) is 14.5. The minimum absolute atomic E-state index is 0.186. The number of nitrogens with one attached hydrogen (secondary N) is 2. The summed E-state index contributed by atoms with van der Waals surface area (Å²) in [6.45, 7) is 19.0. The third kappa shape index (κ3) is 8.32. The van der Waals surface area contributed by atoms with Crippen molar-refractivity contribution >= 4 is 23.6 Å². The van der Waals surface area contributed by atoms with Crippen LogP contribution in [0, 0.1) is 26.7 Å². The molecular formula is C32H47N3O4. The van der Waals surface area contributed by atoms with E-state index >= 15 is 0 Å². The third-order valence-corrected chi connectivity index (χ3v) is 7.22. The molecule has 0 saturated carbocycles. The first-order chi connectivity index (χ1) is 18.2. The van der Waals surface area contributed by atoms with Crippen LogP contribution in [0.3, 0.4) is 0 Å². The molecule has 7 heteroatoms. The minimum Gasteiger partial charge on any atom is -0.444 e. The number of carbonyl (C=O) groups excluding carboxylic acids is 3. The summed E-state index contributed by atoms with van der Waals surface area (Å²) < 4.78 is 5.50. The largest absolute Gasteiger partial charge is 0.444 e. The number of amides is 3. The second kappa shape index (κ2) is 13.6. The van der Waals surface area contributed by atoms with Gasteiger partial charge in [-0.05, 0) is 89.1 Å². The number of rotatable bonds is 10. The SMILES string of the molecule is CCC(C)C(NC(=O)OC(C)(C)C)C(=O)N(C(C)CC)C(C(=O)Nc1ccccc1C)c1c(C)cccc1C. The molecule has 2 aromatic carbocycles. The van der Waals surface area contributed by atoms with Crippen LogP contribution < -0.4 is 10.6 Å². The molecule has 0 spiro atoms. The molecule has 4 atom stereocenters. The van der Waals surface area contributed by atoms with E-state index in [1.165, 1.54) is 0 Å². The number of para-hydroxylation sites is 1. The van der Waals surface area contributed by atoms with E-state index < -0.39 is 23.8 Å². The lowest BCUT2D eigenvalue weighted by atomic mass is 9.90. The van der Waals surface area contributed by atoms with Gasteiger partial charge in [-0.25, -0.2) is 4.79 Å². The van der Waals surface area contributed by atoms with Crippen LogP contribution in [-0.4, -0.2) is 40.5 Å². The molecule has 2 aromatic rings. The van der Waals surface area contributed by atoms with Crippen LogP contribution in [-0.2, 0) is 14.3 Å². The van der Waals surface area contributed by atoms with E-state index in [-0.39, 0.29) is 23.8 Å². The van der Waals surface area contributed by atoms with Gasteiger partial charge in [-0.2, -0.15) is 0 Å². The number of aryl methyl sites for hydroxylation is 3. The second-order valence-electron chi connectivity index (χ2n) is 11.5. The molecule has 0 aliphatic carbocycles. The van der Waals surface area contributed by atoms with Gasteiger partial charge in [0.25, 0.3) is 5.91 Å². The zero-order valence-corrected chi connectivity index (χ0v) is 25.3. The zero-order valence-electron chi connectivity index (χ0n) is 25.3. The van der Waals surface area contributed by atoms with Crippen molar-refractivity contribution < 1.29 is 19.1 Å². The molecule has 39 heavy (non-hydrogen) atoms. The molecular weight excluding hydrogens is 490 g/mol. The van der Waals surface area contributed by atoms with E-state index in [4.69, 9.17) is 4.74 Å². The summed E-state index contributed by atoms with van der Waals surface area (Å²) in [5.41, 5.74) is 3.54. The average molecular weight is 538 g/mol. The summed E-state index contributed by atoms with van der Waals surface area (Å²) in [6.07, 6.45) is 0.632. The second-order valence-corrected chi connectivity index (χ2v) is 11.5. The van der Waals surface area contributed by atoms with Crippen LogP contribution in [0.5, 0.6) is 0 Å². The fourth-order valence-corrected chi connectivity index (χ4v) is 4.64. The first-order valence-electron chi connectivity index (χ1n) is 14.0. The lowest BCUT2D eigenvalue weighted by Crippen LogP contribution is -2.57. The Hall–Kier alpha value is -3.35. The van der Waals surface area contributed by atoms with Crippen molar-refractivity contribution in [3.05, 3.63) is 64.7 Å². The molecule has 0 radical (unpaired) electrons. The van der Waals surface area contributed by atoms with Gasteiger partial charge in [0.05, 0.1) is 0 Å². The molecule has 0 aliphatic rings. The maximum absolute atomic E-state index is 14.5.